The molecule has 1 fully saturated rings. The van der Waals surface area contributed by atoms with Crippen LogP contribution in [0.2, 0.25) is 0 Å². The first-order chi connectivity index (χ1) is 7.74. The van der Waals surface area contributed by atoms with E-state index in [2.05, 4.69) is 15.9 Å². The highest BCUT2D eigenvalue weighted by molar-refractivity contribution is 9.10. The smallest absolute Gasteiger partial charge is 0.255 e. The van der Waals surface area contributed by atoms with E-state index in [0.717, 1.165) is 22.9 Å². The van der Waals surface area contributed by atoms with E-state index in [1.165, 1.54) is 0 Å². The Kier molecular flexibility index (Phi) is 3.87. The highest BCUT2D eigenvalue weighted by Gasteiger charge is 2.32. The molecule has 1 amide bonds. The molecule has 0 spiro atoms. The van der Waals surface area contributed by atoms with E-state index >= 15 is 0 Å². The van der Waals surface area contributed by atoms with E-state index in [1.54, 1.807) is 0 Å². The van der Waals surface area contributed by atoms with Crippen molar-refractivity contribution in [3.05, 3.63) is 34.3 Å². The van der Waals surface area contributed by atoms with Crippen LogP contribution in [0.4, 0.5) is 0 Å². The Morgan fingerprint density at radius 2 is 2.12 bits per heavy atom. The van der Waals surface area contributed by atoms with Crippen LogP contribution in [-0.2, 0) is 0 Å². The van der Waals surface area contributed by atoms with Crippen molar-refractivity contribution in [2.75, 3.05) is 12.4 Å². The summed E-state index contributed by atoms with van der Waals surface area (Å²) in [5, 5.41) is 0. The monoisotopic (exact) mass is 301 g/mol. The van der Waals surface area contributed by atoms with Gasteiger partial charge < -0.3 is 4.90 Å². The molecule has 1 aromatic carbocycles. The summed E-state index contributed by atoms with van der Waals surface area (Å²) in [6, 6.07) is 7.92. The second kappa shape index (κ2) is 5.19. The highest BCUT2D eigenvalue weighted by Crippen LogP contribution is 2.29. The van der Waals surface area contributed by atoms with Crippen LogP contribution < -0.4 is 0 Å². The molecule has 4 heteroatoms. The van der Waals surface area contributed by atoms with Gasteiger partial charge in [-0.1, -0.05) is 12.1 Å². The highest BCUT2D eigenvalue weighted by atomic mass is 79.9. The predicted octanol–water partition coefficient (Wildman–Crippen LogP) is 3.29. The molecule has 0 bridgehead atoms. The molecule has 0 saturated heterocycles. The van der Waals surface area contributed by atoms with Gasteiger partial charge in [-0.15, -0.1) is 11.6 Å². The number of rotatable bonds is 4. The lowest BCUT2D eigenvalue weighted by Crippen LogP contribution is -2.34. The summed E-state index contributed by atoms with van der Waals surface area (Å²) in [4.78, 5) is 14.2. The minimum Gasteiger partial charge on any atom is -0.334 e. The third-order valence-corrected chi connectivity index (χ3v) is 3.54. The molecule has 0 unspecified atom stereocenters. The summed E-state index contributed by atoms with van der Waals surface area (Å²) in [5.74, 6) is 0.572. The largest absolute Gasteiger partial charge is 0.334 e. The standard InChI is InChI=1S/C12H13BrClNO/c13-11-4-2-1-3-10(11)12(16)15(8-7-14)9-5-6-9/h1-4,9H,5-8H2. The minimum absolute atomic E-state index is 0.0793. The minimum atomic E-state index is 0.0793. The molecule has 16 heavy (non-hydrogen) atoms. The molecule has 2 nitrogen and oxygen atoms in total. The fourth-order valence-electron chi connectivity index (χ4n) is 1.72. The summed E-state index contributed by atoms with van der Waals surface area (Å²) < 4.78 is 0.847. The predicted molar refractivity (Wildman–Crippen MR) is 68.9 cm³/mol. The second-order valence-corrected chi connectivity index (χ2v) is 5.13. The number of nitrogens with zero attached hydrogens (tertiary/aromatic N) is 1. The van der Waals surface area contributed by atoms with Crippen molar-refractivity contribution < 1.29 is 4.79 Å². The molecule has 0 heterocycles. The fraction of sp³-hybridized carbons (Fsp3) is 0.417. The molecule has 0 aromatic heterocycles. The molecule has 1 aliphatic rings. The Morgan fingerprint density at radius 3 is 2.69 bits per heavy atom. The van der Waals surface area contributed by atoms with Crippen molar-refractivity contribution in [3.63, 3.8) is 0 Å². The van der Waals surface area contributed by atoms with Crippen LogP contribution in [0.5, 0.6) is 0 Å². The first kappa shape index (κ1) is 11.9. The Bertz CT molecular complexity index is 392. The summed E-state index contributed by atoms with van der Waals surface area (Å²) >= 11 is 9.14. The van der Waals surface area contributed by atoms with E-state index < -0.39 is 0 Å². The third kappa shape index (κ3) is 2.58. The van der Waals surface area contributed by atoms with Gasteiger partial charge in [0.25, 0.3) is 5.91 Å². The molecular weight excluding hydrogens is 289 g/mol. The molecule has 2 rings (SSSR count). The van der Waals surface area contributed by atoms with Gasteiger partial charge in [0.05, 0.1) is 5.56 Å². The molecule has 1 saturated carbocycles. The molecule has 86 valence electrons. The number of halogens is 2. The van der Waals surface area contributed by atoms with Crippen LogP contribution in [0.15, 0.2) is 28.7 Å². The number of hydrogen-bond donors (Lipinski definition) is 0. The van der Waals surface area contributed by atoms with E-state index in [9.17, 15) is 4.79 Å². The maximum Gasteiger partial charge on any atom is 0.255 e. The normalized spacial score (nSPS) is 14.9. The van der Waals surface area contributed by atoms with E-state index in [0.29, 0.717) is 18.5 Å². The van der Waals surface area contributed by atoms with Crippen molar-refractivity contribution in [1.82, 2.24) is 4.90 Å². The second-order valence-electron chi connectivity index (χ2n) is 3.90. The first-order valence-electron chi connectivity index (χ1n) is 5.35. The molecule has 0 aliphatic heterocycles. The van der Waals surface area contributed by atoms with Gasteiger partial charge in [0, 0.05) is 22.9 Å². The number of amides is 1. The topological polar surface area (TPSA) is 20.3 Å². The maximum atomic E-state index is 12.3. The summed E-state index contributed by atoms with van der Waals surface area (Å²) in [6.45, 7) is 0.631. The van der Waals surface area contributed by atoms with Gasteiger partial charge in [-0.3, -0.25) is 4.79 Å². The van der Waals surface area contributed by atoms with E-state index in [4.69, 9.17) is 11.6 Å². The lowest BCUT2D eigenvalue weighted by molar-refractivity contribution is 0.0753. The number of carbonyl (C=O) groups is 1. The fourth-order valence-corrected chi connectivity index (χ4v) is 2.35. The average Bonchev–Trinajstić information content (AvgIpc) is 3.09. The molecule has 0 N–H and O–H groups in total. The van der Waals surface area contributed by atoms with Crippen molar-refractivity contribution in [3.8, 4) is 0 Å². The number of hydrogen-bond acceptors (Lipinski definition) is 1. The zero-order valence-electron chi connectivity index (χ0n) is 8.83. The molecule has 1 aliphatic carbocycles. The van der Waals surface area contributed by atoms with Crippen LogP contribution in [0, 0.1) is 0 Å². The lowest BCUT2D eigenvalue weighted by Gasteiger charge is -2.21. The first-order valence-corrected chi connectivity index (χ1v) is 6.68. The van der Waals surface area contributed by atoms with Crippen molar-refractivity contribution >= 4 is 33.4 Å². The van der Waals surface area contributed by atoms with Gasteiger partial charge in [-0.2, -0.15) is 0 Å². The van der Waals surface area contributed by atoms with Crippen molar-refractivity contribution in [1.29, 1.82) is 0 Å². The Morgan fingerprint density at radius 1 is 1.44 bits per heavy atom. The zero-order chi connectivity index (χ0) is 11.5. The number of alkyl halides is 1. The van der Waals surface area contributed by atoms with Gasteiger partial charge in [0.1, 0.15) is 0 Å². The van der Waals surface area contributed by atoms with Crippen LogP contribution in [-0.4, -0.2) is 29.3 Å². The summed E-state index contributed by atoms with van der Waals surface area (Å²) in [6.07, 6.45) is 2.21. The third-order valence-electron chi connectivity index (χ3n) is 2.68. The number of carbonyl (C=O) groups excluding carboxylic acids is 1. The van der Waals surface area contributed by atoms with E-state index in [1.807, 2.05) is 29.2 Å². The zero-order valence-corrected chi connectivity index (χ0v) is 11.2. The van der Waals surface area contributed by atoms with Crippen LogP contribution >= 0.6 is 27.5 Å². The van der Waals surface area contributed by atoms with Gasteiger partial charge >= 0.3 is 0 Å². The Labute approximate surface area is 109 Å². The van der Waals surface area contributed by atoms with Gasteiger partial charge in [-0.25, -0.2) is 0 Å². The quantitative estimate of drug-likeness (QED) is 0.782. The number of benzene rings is 1. The van der Waals surface area contributed by atoms with Gasteiger partial charge in [-0.05, 0) is 40.9 Å². The van der Waals surface area contributed by atoms with Crippen LogP contribution in [0.25, 0.3) is 0 Å². The lowest BCUT2D eigenvalue weighted by atomic mass is 10.2. The van der Waals surface area contributed by atoms with Crippen LogP contribution in [0.3, 0.4) is 0 Å². The Hall–Kier alpha value is -0.540. The molecule has 0 radical (unpaired) electrons. The van der Waals surface area contributed by atoms with Crippen LogP contribution in [0.1, 0.15) is 23.2 Å². The Balaban J connectivity index is 2.19. The van der Waals surface area contributed by atoms with Gasteiger partial charge in [0.2, 0.25) is 0 Å². The maximum absolute atomic E-state index is 12.3. The summed E-state index contributed by atoms with van der Waals surface area (Å²) in [7, 11) is 0. The van der Waals surface area contributed by atoms with Crippen molar-refractivity contribution in [2.24, 2.45) is 0 Å². The SMILES string of the molecule is O=C(c1ccccc1Br)N(CCCl)C1CC1. The molecular formula is C12H13BrClNO. The van der Waals surface area contributed by atoms with E-state index in [-0.39, 0.29) is 5.91 Å². The van der Waals surface area contributed by atoms with Crippen molar-refractivity contribution in [2.45, 2.75) is 18.9 Å². The summed E-state index contributed by atoms with van der Waals surface area (Å²) in [5.41, 5.74) is 0.722. The average molecular weight is 303 g/mol. The van der Waals surface area contributed by atoms with Gasteiger partial charge in [0.15, 0.2) is 0 Å². The molecule has 0 atom stereocenters. The molecule has 1 aromatic rings.